The second kappa shape index (κ2) is 8.55. The van der Waals surface area contributed by atoms with Crippen LogP contribution in [0.3, 0.4) is 0 Å². The molecule has 0 aliphatic heterocycles. The average molecular weight is 391 g/mol. The highest BCUT2D eigenvalue weighted by Crippen LogP contribution is 2.33. The lowest BCUT2D eigenvalue weighted by Gasteiger charge is -2.23. The van der Waals surface area contributed by atoms with E-state index in [-0.39, 0.29) is 11.2 Å². The largest absolute Gasteiger partial charge is 0.322 e. The first-order chi connectivity index (χ1) is 12.1. The molecule has 4 heteroatoms. The zero-order valence-corrected chi connectivity index (χ0v) is 18.0. The molecule has 0 aliphatic carbocycles. The zero-order chi connectivity index (χ0) is 19.5. The molecule has 0 amide bonds. The van der Waals surface area contributed by atoms with Crippen LogP contribution >= 0.6 is 19.4 Å². The molecule has 0 aromatic heterocycles. The van der Waals surface area contributed by atoms with Crippen LogP contribution in [-0.2, 0) is 4.57 Å². The number of hydrogen-bond acceptors (Lipinski definition) is 2. The number of hydrogen-bond donors (Lipinski definition) is 0. The van der Waals surface area contributed by atoms with E-state index in [4.69, 9.17) is 11.6 Å². The van der Waals surface area contributed by atoms with Gasteiger partial charge in [-0.05, 0) is 36.3 Å². The summed E-state index contributed by atoms with van der Waals surface area (Å²) in [6, 6.07) is 12.7. The first kappa shape index (κ1) is 20.9. The van der Waals surface area contributed by atoms with Crippen molar-refractivity contribution in [3.05, 3.63) is 64.2 Å². The van der Waals surface area contributed by atoms with Crippen molar-refractivity contribution >= 4 is 30.5 Å². The van der Waals surface area contributed by atoms with Gasteiger partial charge in [0.1, 0.15) is 7.80 Å². The van der Waals surface area contributed by atoms with Gasteiger partial charge in [0.2, 0.25) is 0 Å². The Bertz CT molecular complexity index is 801. The molecule has 2 aromatic carbocycles. The summed E-state index contributed by atoms with van der Waals surface area (Å²) in [7, 11) is -2.06. The molecule has 0 saturated heterocycles. The van der Waals surface area contributed by atoms with Crippen LogP contribution in [0, 0.1) is 18.3 Å². The maximum Gasteiger partial charge on any atom is 0.195 e. The van der Waals surface area contributed by atoms with Gasteiger partial charge < -0.3 is 4.57 Å². The molecule has 0 bridgehead atoms. The maximum absolute atomic E-state index is 13.1. The van der Waals surface area contributed by atoms with Crippen LogP contribution in [0.2, 0.25) is 5.02 Å². The van der Waals surface area contributed by atoms with Crippen molar-refractivity contribution in [2.45, 2.75) is 41.0 Å². The van der Waals surface area contributed by atoms with Gasteiger partial charge in [-0.1, -0.05) is 75.7 Å². The van der Waals surface area contributed by atoms with Crippen LogP contribution in [0.1, 0.15) is 55.6 Å². The zero-order valence-electron chi connectivity index (χ0n) is 16.2. The SMILES string of the molecule is Cc1cccc(Cl)c1C(=O)c1ccccc1[PH](=O)CC(C)CC(C)(C)C. The van der Waals surface area contributed by atoms with Crippen LogP contribution in [-0.4, -0.2) is 11.9 Å². The molecule has 0 heterocycles. The predicted octanol–water partition coefficient (Wildman–Crippen LogP) is 6.14. The van der Waals surface area contributed by atoms with E-state index in [2.05, 4.69) is 27.7 Å². The summed E-state index contributed by atoms with van der Waals surface area (Å²) in [4.78, 5) is 13.1. The minimum Gasteiger partial charge on any atom is -0.322 e. The van der Waals surface area contributed by atoms with Crippen LogP contribution in [0.25, 0.3) is 0 Å². The molecule has 0 radical (unpaired) electrons. The summed E-state index contributed by atoms with van der Waals surface area (Å²) in [5.74, 6) is 0.192. The lowest BCUT2D eigenvalue weighted by Crippen LogP contribution is -2.18. The third-order valence-electron chi connectivity index (χ3n) is 4.42. The van der Waals surface area contributed by atoms with Crippen molar-refractivity contribution in [2.75, 3.05) is 6.16 Å². The van der Waals surface area contributed by atoms with E-state index >= 15 is 0 Å². The summed E-state index contributed by atoms with van der Waals surface area (Å²) in [5, 5.41) is 1.10. The van der Waals surface area contributed by atoms with Gasteiger partial charge in [-0.2, -0.15) is 0 Å². The van der Waals surface area contributed by atoms with E-state index in [1.165, 1.54) is 0 Å². The summed E-state index contributed by atoms with van der Waals surface area (Å²) >= 11 is 6.27. The van der Waals surface area contributed by atoms with Crippen molar-refractivity contribution in [2.24, 2.45) is 11.3 Å². The van der Waals surface area contributed by atoms with E-state index in [1.807, 2.05) is 37.3 Å². The molecule has 2 nitrogen and oxygen atoms in total. The maximum atomic E-state index is 13.1. The molecule has 0 spiro atoms. The van der Waals surface area contributed by atoms with Gasteiger partial charge in [0, 0.05) is 22.6 Å². The van der Waals surface area contributed by atoms with Crippen molar-refractivity contribution in [3.8, 4) is 0 Å². The highest BCUT2D eigenvalue weighted by atomic mass is 35.5. The highest BCUT2D eigenvalue weighted by Gasteiger charge is 2.23. The lowest BCUT2D eigenvalue weighted by molar-refractivity contribution is 0.103. The minimum absolute atomic E-state index is 0.148. The number of rotatable bonds is 6. The van der Waals surface area contributed by atoms with Crippen LogP contribution < -0.4 is 5.30 Å². The first-order valence-corrected chi connectivity index (χ1v) is 11.0. The second-order valence-corrected chi connectivity index (χ2v) is 10.5. The van der Waals surface area contributed by atoms with E-state index in [9.17, 15) is 9.36 Å². The fraction of sp³-hybridized carbons (Fsp3) is 0.409. The lowest BCUT2D eigenvalue weighted by atomic mass is 9.86. The number of ketones is 1. The number of carbonyl (C=O) groups excluding carboxylic acids is 1. The van der Waals surface area contributed by atoms with E-state index < -0.39 is 7.80 Å². The van der Waals surface area contributed by atoms with Crippen molar-refractivity contribution in [1.29, 1.82) is 0 Å². The smallest absolute Gasteiger partial charge is 0.195 e. The Labute approximate surface area is 162 Å². The summed E-state index contributed by atoms with van der Waals surface area (Å²) in [6.07, 6.45) is 1.62. The van der Waals surface area contributed by atoms with E-state index in [1.54, 1.807) is 12.1 Å². The molecule has 2 aromatic rings. The summed E-state index contributed by atoms with van der Waals surface area (Å²) < 4.78 is 13.1. The topological polar surface area (TPSA) is 34.1 Å². The molecule has 2 unspecified atom stereocenters. The highest BCUT2D eigenvalue weighted by molar-refractivity contribution is 7.53. The van der Waals surface area contributed by atoms with E-state index in [0.29, 0.717) is 33.5 Å². The van der Waals surface area contributed by atoms with Gasteiger partial charge in [0.25, 0.3) is 0 Å². The Morgan fingerprint density at radius 2 is 1.77 bits per heavy atom. The third-order valence-corrected chi connectivity index (χ3v) is 6.84. The third kappa shape index (κ3) is 5.32. The number of halogens is 1. The average Bonchev–Trinajstić information content (AvgIpc) is 2.52. The number of aryl methyl sites for hydroxylation is 1. The molecule has 2 atom stereocenters. The van der Waals surface area contributed by atoms with E-state index in [0.717, 1.165) is 12.0 Å². The number of benzene rings is 2. The summed E-state index contributed by atoms with van der Waals surface area (Å²) in [5.41, 5.74) is 2.04. The van der Waals surface area contributed by atoms with Gasteiger partial charge in [-0.25, -0.2) is 0 Å². The molecule has 2 rings (SSSR count). The van der Waals surface area contributed by atoms with Crippen LogP contribution in [0.4, 0.5) is 0 Å². The molecule has 140 valence electrons. The monoisotopic (exact) mass is 390 g/mol. The second-order valence-electron chi connectivity index (χ2n) is 8.30. The standard InChI is InChI=1S/C22H28ClO2P/c1-15(13-22(3,4)5)14-26(25)19-12-7-6-10-17(19)21(24)20-16(2)9-8-11-18(20)23/h6-12,15,26H,13-14H2,1-5H3. The quantitative estimate of drug-likeness (QED) is 0.438. The van der Waals surface area contributed by atoms with Crippen molar-refractivity contribution in [3.63, 3.8) is 0 Å². The Balaban J connectivity index is 2.33. The molecule has 0 aliphatic rings. The van der Waals surface area contributed by atoms with Gasteiger partial charge in [-0.3, -0.25) is 4.79 Å². The fourth-order valence-corrected chi connectivity index (χ4v) is 5.61. The molecular formula is C22H28ClO2P. The Kier molecular flexibility index (Phi) is 6.88. The molecular weight excluding hydrogens is 363 g/mol. The fourth-order valence-electron chi connectivity index (χ4n) is 3.52. The summed E-state index contributed by atoms with van der Waals surface area (Å²) in [6.45, 7) is 10.6. The molecule has 0 fully saturated rings. The van der Waals surface area contributed by atoms with Crippen molar-refractivity contribution < 1.29 is 9.36 Å². The van der Waals surface area contributed by atoms with Crippen LogP contribution in [0.5, 0.6) is 0 Å². The van der Waals surface area contributed by atoms with Gasteiger partial charge in [0.15, 0.2) is 5.78 Å². The number of carbonyl (C=O) groups is 1. The molecule has 26 heavy (non-hydrogen) atoms. The van der Waals surface area contributed by atoms with Gasteiger partial charge >= 0.3 is 0 Å². The minimum atomic E-state index is -2.06. The first-order valence-electron chi connectivity index (χ1n) is 9.02. The Morgan fingerprint density at radius 3 is 2.38 bits per heavy atom. The Hall–Kier alpha value is -1.37. The Morgan fingerprint density at radius 1 is 1.12 bits per heavy atom. The molecule has 0 saturated carbocycles. The van der Waals surface area contributed by atoms with Crippen LogP contribution in [0.15, 0.2) is 42.5 Å². The normalized spacial score (nSPS) is 14.1. The van der Waals surface area contributed by atoms with Crippen molar-refractivity contribution in [1.82, 2.24) is 0 Å². The van der Waals surface area contributed by atoms with Gasteiger partial charge in [0.05, 0.1) is 5.02 Å². The predicted molar refractivity (Wildman–Crippen MR) is 113 cm³/mol. The van der Waals surface area contributed by atoms with Gasteiger partial charge in [-0.15, -0.1) is 0 Å². The molecule has 0 N–H and O–H groups in total.